The van der Waals surface area contributed by atoms with Gasteiger partial charge in [0.05, 0.1) is 5.56 Å². The van der Waals surface area contributed by atoms with Crippen LogP contribution in [0.5, 0.6) is 5.75 Å². The zero-order chi connectivity index (χ0) is 20.8. The predicted octanol–water partition coefficient (Wildman–Crippen LogP) is 2.69. The fourth-order valence-corrected chi connectivity index (χ4v) is 3.68. The summed E-state index contributed by atoms with van der Waals surface area (Å²) in [7, 11) is -1.21. The van der Waals surface area contributed by atoms with E-state index in [4.69, 9.17) is 9.76 Å². The second kappa shape index (κ2) is 9.72. The van der Waals surface area contributed by atoms with Gasteiger partial charge in [0.15, 0.2) is 0 Å². The number of aliphatic hydroxyl groups excluding tert-OH is 1. The monoisotopic (exact) mass is 396 g/mol. The second-order valence-corrected chi connectivity index (χ2v) is 7.49. The van der Waals surface area contributed by atoms with Crippen molar-refractivity contribution in [3.63, 3.8) is 0 Å². The molecule has 7 heteroatoms. The summed E-state index contributed by atoms with van der Waals surface area (Å²) in [5.74, 6) is -1.32. The van der Waals surface area contributed by atoms with Crippen molar-refractivity contribution in [2.45, 2.75) is 44.3 Å². The summed E-state index contributed by atoms with van der Waals surface area (Å²) < 4.78 is 5.46. The molecule has 29 heavy (non-hydrogen) atoms. The van der Waals surface area contributed by atoms with E-state index < -0.39 is 18.9 Å². The van der Waals surface area contributed by atoms with Crippen molar-refractivity contribution >= 4 is 18.9 Å². The summed E-state index contributed by atoms with van der Waals surface area (Å²) in [5.41, 5.74) is 2.81. The fourth-order valence-electron chi connectivity index (χ4n) is 3.68. The van der Waals surface area contributed by atoms with Crippen molar-refractivity contribution in [3.05, 3.63) is 64.7 Å². The Labute approximate surface area is 170 Å². The van der Waals surface area contributed by atoms with Crippen LogP contribution in [0.15, 0.2) is 42.5 Å². The Kier molecular flexibility index (Phi) is 7.06. The standard InChI is InChI=1S/C22H25BO6/c24-11-2-1-4-15-7-9-16(10-8-15)12-19(25)14-18-13-17-5-3-6-20(22(26)27)21(17)29-23(18)28/h3,5-10,18,24,28H,1-2,4,11-14H2,(H,26,27)/t18-/m1/s1. The van der Waals surface area contributed by atoms with Crippen molar-refractivity contribution in [3.8, 4) is 5.75 Å². The van der Waals surface area contributed by atoms with Gasteiger partial charge in [-0.05, 0) is 48.4 Å². The molecule has 3 N–H and O–H groups in total. The molecule has 2 aromatic carbocycles. The SMILES string of the molecule is O=C(Cc1ccc(CCCCO)cc1)C[C@H]1Cc2cccc(C(=O)O)c2OB1O. The third-order valence-electron chi connectivity index (χ3n) is 5.24. The minimum Gasteiger partial charge on any atom is -0.535 e. The van der Waals surface area contributed by atoms with Crippen LogP contribution in [0.3, 0.4) is 0 Å². The van der Waals surface area contributed by atoms with Gasteiger partial charge in [-0.25, -0.2) is 4.79 Å². The van der Waals surface area contributed by atoms with Crippen molar-refractivity contribution in [2.75, 3.05) is 6.61 Å². The Morgan fingerprint density at radius 1 is 1.07 bits per heavy atom. The number of Topliss-reactive ketones (excluding diaryl/α,β-unsaturated/α-hetero) is 1. The van der Waals surface area contributed by atoms with Crippen molar-refractivity contribution in [1.82, 2.24) is 0 Å². The van der Waals surface area contributed by atoms with Crippen LogP contribution >= 0.6 is 0 Å². The van der Waals surface area contributed by atoms with Crippen LogP contribution in [-0.2, 0) is 24.1 Å². The van der Waals surface area contributed by atoms with Gasteiger partial charge < -0.3 is 19.9 Å². The molecular formula is C22H25BO6. The molecule has 1 aliphatic heterocycles. The maximum atomic E-state index is 12.5. The smallest absolute Gasteiger partial charge is 0.526 e. The molecule has 0 aromatic heterocycles. The van der Waals surface area contributed by atoms with Crippen LogP contribution in [0.2, 0.25) is 5.82 Å². The van der Waals surface area contributed by atoms with Gasteiger partial charge in [0, 0.05) is 25.3 Å². The quantitative estimate of drug-likeness (QED) is 0.445. The summed E-state index contributed by atoms with van der Waals surface area (Å²) in [6.45, 7) is 0.200. The van der Waals surface area contributed by atoms with Gasteiger partial charge in [0.25, 0.3) is 0 Å². The number of carbonyl (C=O) groups excluding carboxylic acids is 1. The Balaban J connectivity index is 1.58. The zero-order valence-corrected chi connectivity index (χ0v) is 16.2. The van der Waals surface area contributed by atoms with E-state index in [2.05, 4.69) is 0 Å². The normalized spacial score (nSPS) is 15.5. The number of fused-ring (bicyclic) bond motifs is 1. The molecule has 0 unspecified atom stereocenters. The molecule has 0 saturated carbocycles. The minimum atomic E-state index is -1.21. The molecule has 152 valence electrons. The topological polar surface area (TPSA) is 104 Å². The van der Waals surface area contributed by atoms with Gasteiger partial charge in [-0.2, -0.15) is 0 Å². The van der Waals surface area contributed by atoms with E-state index in [1.54, 1.807) is 12.1 Å². The molecule has 0 spiro atoms. The first kappa shape index (κ1) is 21.1. The molecule has 0 bridgehead atoms. The molecule has 0 radical (unpaired) electrons. The van der Waals surface area contributed by atoms with E-state index in [0.29, 0.717) is 12.0 Å². The average molecular weight is 396 g/mol. The van der Waals surface area contributed by atoms with Crippen LogP contribution in [0.1, 0.15) is 46.3 Å². The zero-order valence-electron chi connectivity index (χ0n) is 16.2. The molecule has 3 rings (SSSR count). The average Bonchev–Trinajstić information content (AvgIpc) is 2.69. The van der Waals surface area contributed by atoms with Gasteiger partial charge in [0.2, 0.25) is 0 Å². The number of unbranched alkanes of at least 4 members (excludes halogenated alkanes) is 1. The summed E-state index contributed by atoms with van der Waals surface area (Å²) >= 11 is 0. The summed E-state index contributed by atoms with van der Waals surface area (Å²) in [5, 5.41) is 28.4. The molecular weight excluding hydrogens is 371 g/mol. The number of aromatic carboxylic acids is 1. The highest BCUT2D eigenvalue weighted by atomic mass is 16.5. The number of rotatable bonds is 9. The van der Waals surface area contributed by atoms with Crippen LogP contribution in [0, 0.1) is 0 Å². The van der Waals surface area contributed by atoms with Crippen molar-refractivity contribution < 1.29 is 29.5 Å². The van der Waals surface area contributed by atoms with Gasteiger partial charge >= 0.3 is 13.1 Å². The lowest BCUT2D eigenvalue weighted by atomic mass is 9.64. The molecule has 1 heterocycles. The third-order valence-corrected chi connectivity index (χ3v) is 5.24. The van der Waals surface area contributed by atoms with E-state index in [9.17, 15) is 19.7 Å². The van der Waals surface area contributed by atoms with Gasteiger partial charge in [0.1, 0.15) is 11.5 Å². The Morgan fingerprint density at radius 3 is 2.48 bits per heavy atom. The van der Waals surface area contributed by atoms with Gasteiger partial charge in [-0.15, -0.1) is 0 Å². The number of para-hydroxylation sites is 1. The summed E-state index contributed by atoms with van der Waals surface area (Å²) in [6, 6.07) is 12.7. The van der Waals surface area contributed by atoms with E-state index in [-0.39, 0.29) is 36.5 Å². The first-order valence-corrected chi connectivity index (χ1v) is 9.88. The van der Waals surface area contributed by atoms with Gasteiger partial charge in [-0.1, -0.05) is 36.4 Å². The first-order chi connectivity index (χ1) is 14.0. The molecule has 6 nitrogen and oxygen atoms in total. The fraction of sp³-hybridized carbons (Fsp3) is 0.364. The number of hydrogen-bond acceptors (Lipinski definition) is 5. The molecule has 0 fully saturated rings. The van der Waals surface area contributed by atoms with Crippen LogP contribution in [0.4, 0.5) is 0 Å². The maximum Gasteiger partial charge on any atom is 0.526 e. The molecule has 1 atom stereocenters. The number of hydrogen-bond donors (Lipinski definition) is 3. The third kappa shape index (κ3) is 5.46. The number of carboxylic acid groups (broad SMARTS) is 1. The maximum absolute atomic E-state index is 12.5. The molecule has 0 saturated heterocycles. The lowest BCUT2D eigenvalue weighted by Gasteiger charge is -2.28. The molecule has 1 aliphatic rings. The highest BCUT2D eigenvalue weighted by molar-refractivity contribution is 6.47. The number of benzene rings is 2. The van der Waals surface area contributed by atoms with E-state index >= 15 is 0 Å². The van der Waals surface area contributed by atoms with Gasteiger partial charge in [-0.3, -0.25) is 4.79 Å². The van der Waals surface area contributed by atoms with Crippen LogP contribution in [-0.4, -0.2) is 40.7 Å². The molecule has 0 aliphatic carbocycles. The lowest BCUT2D eigenvalue weighted by molar-refractivity contribution is -0.118. The Morgan fingerprint density at radius 2 is 1.79 bits per heavy atom. The number of aryl methyl sites for hydroxylation is 1. The second-order valence-electron chi connectivity index (χ2n) is 7.49. The molecule has 0 amide bonds. The van der Waals surface area contributed by atoms with Crippen molar-refractivity contribution in [1.29, 1.82) is 0 Å². The number of aliphatic hydroxyl groups is 1. The number of carboxylic acids is 1. The minimum absolute atomic E-state index is 0.00326. The summed E-state index contributed by atoms with van der Waals surface area (Å²) in [6.07, 6.45) is 3.45. The number of ketones is 1. The molecule has 2 aromatic rings. The predicted molar refractivity (Wildman–Crippen MR) is 109 cm³/mol. The largest absolute Gasteiger partial charge is 0.535 e. The van der Waals surface area contributed by atoms with Crippen molar-refractivity contribution in [2.24, 2.45) is 0 Å². The Hall–Kier alpha value is -2.64. The van der Waals surface area contributed by atoms with E-state index in [0.717, 1.165) is 24.8 Å². The first-order valence-electron chi connectivity index (χ1n) is 9.88. The lowest BCUT2D eigenvalue weighted by Crippen LogP contribution is -2.36. The highest BCUT2D eigenvalue weighted by Crippen LogP contribution is 2.36. The number of carbonyl (C=O) groups is 2. The van der Waals surface area contributed by atoms with E-state index in [1.165, 1.54) is 11.6 Å². The van der Waals surface area contributed by atoms with E-state index in [1.807, 2.05) is 24.3 Å². The highest BCUT2D eigenvalue weighted by Gasteiger charge is 2.37. The van der Waals surface area contributed by atoms with Crippen LogP contribution < -0.4 is 4.65 Å². The van der Waals surface area contributed by atoms with Crippen LogP contribution in [0.25, 0.3) is 0 Å². The Bertz CT molecular complexity index is 864. The summed E-state index contributed by atoms with van der Waals surface area (Å²) in [4.78, 5) is 23.8.